The highest BCUT2D eigenvalue weighted by Gasteiger charge is 2.23. The molecule has 0 saturated carbocycles. The van der Waals surface area contributed by atoms with E-state index in [0.29, 0.717) is 17.6 Å². The van der Waals surface area contributed by atoms with Crippen LogP contribution in [0, 0.1) is 6.92 Å². The molecule has 0 amide bonds. The van der Waals surface area contributed by atoms with Gasteiger partial charge in [0.05, 0.1) is 24.2 Å². The van der Waals surface area contributed by atoms with Crippen molar-refractivity contribution in [2.24, 2.45) is 0 Å². The molecule has 2 heterocycles. The minimum Gasteiger partial charge on any atom is -0.379 e. The molecule has 1 aliphatic rings. The maximum atomic E-state index is 6.17. The summed E-state index contributed by atoms with van der Waals surface area (Å²) in [5.41, 5.74) is 1.84. The Labute approximate surface area is 92.9 Å². The fraction of sp³-hybridized carbons (Fsp3) is 0.667. The topological polar surface area (TPSA) is 27.1 Å². The zero-order valence-corrected chi connectivity index (χ0v) is 9.48. The predicted octanol–water partition coefficient (Wildman–Crippen LogP) is 2.55. The van der Waals surface area contributed by atoms with E-state index in [1.54, 1.807) is 0 Å². The molecule has 14 heavy (non-hydrogen) atoms. The van der Waals surface area contributed by atoms with Gasteiger partial charge in [0.2, 0.25) is 0 Å². The van der Waals surface area contributed by atoms with E-state index in [9.17, 15) is 0 Å². The van der Waals surface area contributed by atoms with Gasteiger partial charge in [-0.1, -0.05) is 11.6 Å². The van der Waals surface area contributed by atoms with Crippen molar-refractivity contribution in [3.05, 3.63) is 16.4 Å². The zero-order chi connectivity index (χ0) is 10.1. The summed E-state index contributed by atoms with van der Waals surface area (Å²) in [4.78, 5) is 0. The van der Waals surface area contributed by atoms with Crippen LogP contribution < -0.4 is 0 Å². The lowest BCUT2D eigenvalue weighted by Crippen LogP contribution is -2.10. The average molecular weight is 235 g/mol. The molecule has 1 unspecified atom stereocenters. The third-order valence-electron chi connectivity index (χ3n) is 2.53. The van der Waals surface area contributed by atoms with Gasteiger partial charge in [-0.05, 0) is 13.3 Å². The van der Waals surface area contributed by atoms with Crippen LogP contribution in [0.1, 0.15) is 23.7 Å². The van der Waals surface area contributed by atoms with Crippen LogP contribution in [0.2, 0.25) is 5.15 Å². The normalized spacial score (nSPS) is 21.8. The molecule has 1 atom stereocenters. The molecule has 0 aromatic carbocycles. The first-order valence-corrected chi connectivity index (χ1v) is 5.52. The van der Waals surface area contributed by atoms with E-state index in [2.05, 4.69) is 5.10 Å². The van der Waals surface area contributed by atoms with Crippen LogP contribution in [0.25, 0.3) is 0 Å². The highest BCUT2D eigenvalue weighted by molar-refractivity contribution is 6.31. The molecule has 3 nitrogen and oxygen atoms in total. The number of aryl methyl sites for hydroxylation is 1. The number of aromatic nitrogens is 2. The Hall–Kier alpha value is -0.250. The largest absolute Gasteiger partial charge is 0.379 e. The highest BCUT2D eigenvalue weighted by Crippen LogP contribution is 2.28. The van der Waals surface area contributed by atoms with Crippen LogP contribution >= 0.6 is 23.2 Å². The fourth-order valence-corrected chi connectivity index (χ4v) is 2.43. The third kappa shape index (κ3) is 1.64. The SMILES string of the molecule is Cc1nn(C2CCOC2)c(Cl)c1CCl. The summed E-state index contributed by atoms with van der Waals surface area (Å²) < 4.78 is 7.13. The molecule has 1 saturated heterocycles. The molecule has 78 valence electrons. The minimum absolute atomic E-state index is 0.276. The molecule has 5 heteroatoms. The molecule has 2 rings (SSSR count). The number of hydrogen-bond acceptors (Lipinski definition) is 2. The van der Waals surface area contributed by atoms with E-state index < -0.39 is 0 Å². The Kier molecular flexibility index (Phi) is 3.00. The predicted molar refractivity (Wildman–Crippen MR) is 56.0 cm³/mol. The minimum atomic E-state index is 0.276. The Balaban J connectivity index is 2.33. The number of nitrogens with zero attached hydrogens (tertiary/aromatic N) is 2. The summed E-state index contributed by atoms with van der Waals surface area (Å²) in [6.45, 7) is 3.41. The Morgan fingerprint density at radius 2 is 2.43 bits per heavy atom. The van der Waals surface area contributed by atoms with Gasteiger partial charge in [-0.2, -0.15) is 5.10 Å². The van der Waals surface area contributed by atoms with E-state index in [0.717, 1.165) is 24.3 Å². The fourth-order valence-electron chi connectivity index (χ4n) is 1.66. The first kappa shape index (κ1) is 10.3. The van der Waals surface area contributed by atoms with Crippen molar-refractivity contribution in [1.82, 2.24) is 9.78 Å². The molecule has 0 N–H and O–H groups in total. The smallest absolute Gasteiger partial charge is 0.132 e. The van der Waals surface area contributed by atoms with Crippen LogP contribution in [-0.2, 0) is 10.6 Å². The van der Waals surface area contributed by atoms with E-state index >= 15 is 0 Å². The molecule has 1 aromatic heterocycles. The Morgan fingerprint density at radius 3 is 2.93 bits per heavy atom. The van der Waals surface area contributed by atoms with Crippen molar-refractivity contribution < 1.29 is 4.74 Å². The van der Waals surface area contributed by atoms with Gasteiger partial charge >= 0.3 is 0 Å². The summed E-state index contributed by atoms with van der Waals surface area (Å²) in [5, 5.41) is 5.04. The van der Waals surface area contributed by atoms with Crippen molar-refractivity contribution in [2.75, 3.05) is 13.2 Å². The second kappa shape index (κ2) is 4.09. The van der Waals surface area contributed by atoms with E-state index in [1.807, 2.05) is 11.6 Å². The van der Waals surface area contributed by atoms with E-state index in [4.69, 9.17) is 27.9 Å². The standard InChI is InChI=1S/C9H12Cl2N2O/c1-6-8(4-10)9(11)13(12-6)7-2-3-14-5-7/h7H,2-5H2,1H3. The summed E-state index contributed by atoms with van der Waals surface area (Å²) in [7, 11) is 0. The number of ether oxygens (including phenoxy) is 1. The Bertz CT molecular complexity index is 332. The van der Waals surface area contributed by atoms with Gasteiger partial charge in [-0.3, -0.25) is 0 Å². The van der Waals surface area contributed by atoms with Crippen LogP contribution in [0.4, 0.5) is 0 Å². The number of hydrogen-bond donors (Lipinski definition) is 0. The van der Waals surface area contributed by atoms with Crippen LogP contribution in [0.5, 0.6) is 0 Å². The maximum absolute atomic E-state index is 6.17. The van der Waals surface area contributed by atoms with Gasteiger partial charge in [0.25, 0.3) is 0 Å². The molecular formula is C9H12Cl2N2O. The van der Waals surface area contributed by atoms with Crippen LogP contribution in [0.3, 0.4) is 0 Å². The zero-order valence-electron chi connectivity index (χ0n) is 7.96. The first-order valence-electron chi connectivity index (χ1n) is 4.61. The van der Waals surface area contributed by atoms with Crippen molar-refractivity contribution in [1.29, 1.82) is 0 Å². The van der Waals surface area contributed by atoms with Gasteiger partial charge in [-0.25, -0.2) is 4.68 Å². The number of halogens is 2. The molecule has 1 aromatic rings. The van der Waals surface area contributed by atoms with Gasteiger partial charge in [0.1, 0.15) is 5.15 Å². The second-order valence-electron chi connectivity index (χ2n) is 3.45. The molecule has 0 radical (unpaired) electrons. The van der Waals surface area contributed by atoms with Crippen molar-refractivity contribution >= 4 is 23.2 Å². The van der Waals surface area contributed by atoms with Crippen molar-refractivity contribution in [2.45, 2.75) is 25.3 Å². The molecule has 0 bridgehead atoms. The lowest BCUT2D eigenvalue weighted by atomic mass is 10.2. The van der Waals surface area contributed by atoms with Crippen LogP contribution in [-0.4, -0.2) is 23.0 Å². The van der Waals surface area contributed by atoms with Gasteiger partial charge < -0.3 is 4.74 Å². The van der Waals surface area contributed by atoms with Crippen molar-refractivity contribution in [3.8, 4) is 0 Å². The summed E-state index contributed by atoms with van der Waals surface area (Å²) >= 11 is 12.0. The van der Waals surface area contributed by atoms with Gasteiger partial charge in [0.15, 0.2) is 0 Å². The summed E-state index contributed by atoms with van der Waals surface area (Å²) in [6, 6.07) is 0.276. The summed E-state index contributed by atoms with van der Waals surface area (Å²) in [6.07, 6.45) is 0.975. The first-order chi connectivity index (χ1) is 6.74. The van der Waals surface area contributed by atoms with Crippen LogP contribution in [0.15, 0.2) is 0 Å². The lowest BCUT2D eigenvalue weighted by molar-refractivity contribution is 0.184. The second-order valence-corrected chi connectivity index (χ2v) is 4.08. The average Bonchev–Trinajstić information content (AvgIpc) is 2.74. The molecule has 1 fully saturated rings. The van der Waals surface area contributed by atoms with Gasteiger partial charge in [-0.15, -0.1) is 11.6 Å². The van der Waals surface area contributed by atoms with E-state index in [-0.39, 0.29) is 6.04 Å². The lowest BCUT2D eigenvalue weighted by Gasteiger charge is -2.09. The maximum Gasteiger partial charge on any atom is 0.132 e. The quantitative estimate of drug-likeness (QED) is 0.736. The number of rotatable bonds is 2. The molecule has 0 spiro atoms. The third-order valence-corrected chi connectivity index (χ3v) is 3.20. The number of alkyl halides is 1. The molecular weight excluding hydrogens is 223 g/mol. The van der Waals surface area contributed by atoms with E-state index in [1.165, 1.54) is 0 Å². The summed E-state index contributed by atoms with van der Waals surface area (Å²) in [5.74, 6) is 0.415. The highest BCUT2D eigenvalue weighted by atomic mass is 35.5. The Morgan fingerprint density at radius 1 is 1.64 bits per heavy atom. The monoisotopic (exact) mass is 234 g/mol. The molecule has 0 aliphatic carbocycles. The molecule has 1 aliphatic heterocycles. The van der Waals surface area contributed by atoms with Gasteiger partial charge in [0, 0.05) is 12.2 Å². The van der Waals surface area contributed by atoms with Crippen molar-refractivity contribution in [3.63, 3.8) is 0 Å².